The van der Waals surface area contributed by atoms with E-state index in [0.29, 0.717) is 16.8 Å². The SMILES string of the molecule is C=CCN1C(=O)C(CC(=O)Nc2ccc(C)cc2)S/C1=N\c1nccs1. The molecule has 26 heavy (non-hydrogen) atoms. The van der Waals surface area contributed by atoms with E-state index in [1.807, 2.05) is 36.6 Å². The predicted molar refractivity (Wildman–Crippen MR) is 107 cm³/mol. The Morgan fingerprint density at radius 3 is 2.85 bits per heavy atom. The molecule has 0 radical (unpaired) electrons. The van der Waals surface area contributed by atoms with E-state index in [1.54, 1.807) is 17.2 Å². The summed E-state index contributed by atoms with van der Waals surface area (Å²) in [6.45, 7) is 6.02. The van der Waals surface area contributed by atoms with Crippen LogP contribution in [0.5, 0.6) is 0 Å². The van der Waals surface area contributed by atoms with Crippen LogP contribution >= 0.6 is 23.1 Å². The fourth-order valence-corrected chi connectivity index (χ4v) is 4.10. The summed E-state index contributed by atoms with van der Waals surface area (Å²) in [5.41, 5.74) is 1.84. The number of thiazole rings is 1. The molecule has 3 rings (SSSR count). The number of anilines is 1. The quantitative estimate of drug-likeness (QED) is 0.770. The molecule has 2 amide bonds. The Morgan fingerprint density at radius 1 is 1.42 bits per heavy atom. The number of hydrogen-bond acceptors (Lipinski definition) is 6. The van der Waals surface area contributed by atoms with Crippen molar-refractivity contribution >= 4 is 50.9 Å². The summed E-state index contributed by atoms with van der Waals surface area (Å²) in [4.78, 5) is 35.1. The van der Waals surface area contributed by atoms with Gasteiger partial charge in [0.25, 0.3) is 0 Å². The molecule has 2 heterocycles. The molecule has 1 aromatic heterocycles. The molecule has 1 N–H and O–H groups in total. The molecule has 0 bridgehead atoms. The van der Waals surface area contributed by atoms with Gasteiger partial charge in [-0.25, -0.2) is 4.98 Å². The first kappa shape index (κ1) is 18.3. The lowest BCUT2D eigenvalue weighted by molar-refractivity contribution is -0.127. The molecule has 1 fully saturated rings. The van der Waals surface area contributed by atoms with Crippen molar-refractivity contribution in [2.24, 2.45) is 4.99 Å². The minimum atomic E-state index is -0.501. The molecular weight excluding hydrogens is 368 g/mol. The fourth-order valence-electron chi connectivity index (χ4n) is 2.39. The first-order valence-corrected chi connectivity index (χ1v) is 9.76. The largest absolute Gasteiger partial charge is 0.326 e. The van der Waals surface area contributed by atoms with Gasteiger partial charge < -0.3 is 5.32 Å². The van der Waals surface area contributed by atoms with Crippen molar-refractivity contribution < 1.29 is 9.59 Å². The van der Waals surface area contributed by atoms with E-state index in [9.17, 15) is 9.59 Å². The van der Waals surface area contributed by atoms with Crippen LogP contribution in [0.3, 0.4) is 0 Å². The van der Waals surface area contributed by atoms with E-state index in [1.165, 1.54) is 23.1 Å². The predicted octanol–water partition coefficient (Wildman–Crippen LogP) is 3.60. The van der Waals surface area contributed by atoms with E-state index in [0.717, 1.165) is 11.3 Å². The summed E-state index contributed by atoms with van der Waals surface area (Å²) in [6, 6.07) is 7.54. The molecule has 134 valence electrons. The molecule has 1 aliphatic rings. The van der Waals surface area contributed by atoms with E-state index >= 15 is 0 Å². The summed E-state index contributed by atoms with van der Waals surface area (Å²) in [6.07, 6.45) is 3.39. The zero-order valence-corrected chi connectivity index (χ0v) is 15.8. The summed E-state index contributed by atoms with van der Waals surface area (Å²) < 4.78 is 0. The maximum Gasteiger partial charge on any atom is 0.242 e. The molecular formula is C18H18N4O2S2. The number of benzene rings is 1. The van der Waals surface area contributed by atoms with Gasteiger partial charge >= 0.3 is 0 Å². The zero-order chi connectivity index (χ0) is 18.5. The number of rotatable bonds is 6. The zero-order valence-electron chi connectivity index (χ0n) is 14.2. The van der Waals surface area contributed by atoms with Crippen molar-refractivity contribution in [2.75, 3.05) is 11.9 Å². The van der Waals surface area contributed by atoms with Gasteiger partial charge in [0.15, 0.2) is 5.17 Å². The molecule has 1 aliphatic heterocycles. The highest BCUT2D eigenvalue weighted by molar-refractivity contribution is 8.15. The van der Waals surface area contributed by atoms with Crippen molar-refractivity contribution in [3.05, 3.63) is 54.1 Å². The molecule has 1 atom stereocenters. The Morgan fingerprint density at radius 2 is 2.19 bits per heavy atom. The van der Waals surface area contributed by atoms with Crippen molar-refractivity contribution in [3.63, 3.8) is 0 Å². The molecule has 2 aromatic rings. The van der Waals surface area contributed by atoms with Gasteiger partial charge in [0.05, 0.1) is 0 Å². The van der Waals surface area contributed by atoms with Crippen LogP contribution in [-0.4, -0.2) is 38.7 Å². The van der Waals surface area contributed by atoms with E-state index < -0.39 is 5.25 Å². The molecule has 0 aliphatic carbocycles. The second kappa shape index (κ2) is 8.29. The minimum Gasteiger partial charge on any atom is -0.326 e. The summed E-state index contributed by atoms with van der Waals surface area (Å²) >= 11 is 2.68. The molecule has 1 unspecified atom stereocenters. The molecule has 1 saturated heterocycles. The average molecular weight is 387 g/mol. The topological polar surface area (TPSA) is 74.7 Å². The summed E-state index contributed by atoms with van der Waals surface area (Å²) in [5, 5.41) is 5.29. The monoisotopic (exact) mass is 386 g/mol. The number of thioether (sulfide) groups is 1. The highest BCUT2D eigenvalue weighted by Gasteiger charge is 2.38. The standard InChI is InChI=1S/C18H18N4O2S2/c1-3-9-22-16(24)14(26-18(22)21-17-19-8-10-25-17)11-15(23)20-13-6-4-12(2)5-7-13/h3-8,10,14H,1,9,11H2,2H3,(H,20,23)/b21-18-. The van der Waals surface area contributed by atoms with Crippen LogP contribution < -0.4 is 5.32 Å². The second-order valence-corrected chi connectivity index (χ2v) is 7.71. The minimum absolute atomic E-state index is 0.0852. The number of aliphatic imine (C=N–C) groups is 1. The highest BCUT2D eigenvalue weighted by Crippen LogP contribution is 2.32. The van der Waals surface area contributed by atoms with Gasteiger partial charge in [-0.2, -0.15) is 4.99 Å². The Hall–Kier alpha value is -2.45. The van der Waals surface area contributed by atoms with Crippen molar-refractivity contribution in [1.82, 2.24) is 9.88 Å². The Bertz CT molecular complexity index is 831. The fraction of sp³-hybridized carbons (Fsp3) is 0.222. The highest BCUT2D eigenvalue weighted by atomic mass is 32.2. The Kier molecular flexibility index (Phi) is 5.85. The number of aryl methyl sites for hydroxylation is 1. The van der Waals surface area contributed by atoms with Crippen LogP contribution in [0, 0.1) is 6.92 Å². The first-order chi connectivity index (χ1) is 12.6. The molecule has 6 nitrogen and oxygen atoms in total. The van der Waals surface area contributed by atoms with Gasteiger partial charge in [-0.3, -0.25) is 14.5 Å². The lowest BCUT2D eigenvalue weighted by Gasteiger charge is -2.13. The third kappa shape index (κ3) is 4.39. The number of amides is 2. The normalized spacial score (nSPS) is 18.3. The van der Waals surface area contributed by atoms with Crippen LogP contribution in [0.2, 0.25) is 0 Å². The van der Waals surface area contributed by atoms with Crippen LogP contribution in [0.1, 0.15) is 12.0 Å². The smallest absolute Gasteiger partial charge is 0.242 e. The first-order valence-electron chi connectivity index (χ1n) is 8.00. The van der Waals surface area contributed by atoms with Crippen LogP contribution in [0.25, 0.3) is 0 Å². The molecule has 0 saturated carbocycles. The van der Waals surface area contributed by atoms with Crippen molar-refractivity contribution in [3.8, 4) is 0 Å². The van der Waals surface area contributed by atoms with Crippen LogP contribution in [0.4, 0.5) is 10.8 Å². The van der Waals surface area contributed by atoms with E-state index in [2.05, 4.69) is 21.9 Å². The van der Waals surface area contributed by atoms with Crippen LogP contribution in [-0.2, 0) is 9.59 Å². The maximum atomic E-state index is 12.6. The van der Waals surface area contributed by atoms with Crippen LogP contribution in [0.15, 0.2) is 53.5 Å². The lowest BCUT2D eigenvalue weighted by atomic mass is 10.2. The number of carbonyl (C=O) groups excluding carboxylic acids is 2. The van der Waals surface area contributed by atoms with E-state index in [-0.39, 0.29) is 18.2 Å². The number of hydrogen-bond donors (Lipinski definition) is 1. The van der Waals surface area contributed by atoms with Gasteiger partial charge in [0, 0.05) is 30.2 Å². The Balaban J connectivity index is 1.69. The number of nitrogens with one attached hydrogen (secondary N) is 1. The molecule has 1 aromatic carbocycles. The third-order valence-electron chi connectivity index (χ3n) is 3.65. The number of nitrogens with zero attached hydrogens (tertiary/aromatic N) is 3. The molecule has 8 heteroatoms. The second-order valence-electron chi connectivity index (χ2n) is 5.67. The molecule has 0 spiro atoms. The van der Waals surface area contributed by atoms with Gasteiger partial charge in [0.2, 0.25) is 16.9 Å². The maximum absolute atomic E-state index is 12.6. The summed E-state index contributed by atoms with van der Waals surface area (Å²) in [5.74, 6) is -0.335. The van der Waals surface area contributed by atoms with Gasteiger partial charge in [-0.1, -0.05) is 35.5 Å². The number of carbonyl (C=O) groups is 2. The van der Waals surface area contributed by atoms with Crippen molar-refractivity contribution in [1.29, 1.82) is 0 Å². The van der Waals surface area contributed by atoms with Crippen molar-refractivity contribution in [2.45, 2.75) is 18.6 Å². The number of amidine groups is 1. The number of aromatic nitrogens is 1. The average Bonchev–Trinajstić information content (AvgIpc) is 3.22. The summed E-state index contributed by atoms with van der Waals surface area (Å²) in [7, 11) is 0. The van der Waals surface area contributed by atoms with Gasteiger partial charge in [0.1, 0.15) is 5.25 Å². The Labute approximate surface area is 160 Å². The van der Waals surface area contributed by atoms with Gasteiger partial charge in [-0.15, -0.1) is 17.9 Å². The van der Waals surface area contributed by atoms with E-state index in [4.69, 9.17) is 0 Å². The van der Waals surface area contributed by atoms with Gasteiger partial charge in [-0.05, 0) is 19.1 Å². The third-order valence-corrected chi connectivity index (χ3v) is 5.49. The lowest BCUT2D eigenvalue weighted by Crippen LogP contribution is -2.33.